The van der Waals surface area contributed by atoms with E-state index in [2.05, 4.69) is 40.6 Å². The van der Waals surface area contributed by atoms with Gasteiger partial charge in [0.15, 0.2) is 0 Å². The van der Waals surface area contributed by atoms with Crippen molar-refractivity contribution in [1.82, 2.24) is 30.4 Å². The van der Waals surface area contributed by atoms with E-state index in [1.807, 2.05) is 12.1 Å². The molecule has 0 aliphatic carbocycles. The van der Waals surface area contributed by atoms with E-state index in [1.54, 1.807) is 24.5 Å². The minimum absolute atomic E-state index is 0.0102. The zero-order chi connectivity index (χ0) is 26.6. The summed E-state index contributed by atoms with van der Waals surface area (Å²) in [7, 11) is 0. The summed E-state index contributed by atoms with van der Waals surface area (Å²) >= 11 is 0. The van der Waals surface area contributed by atoms with Crippen molar-refractivity contribution in [3.05, 3.63) is 53.6 Å². The highest BCUT2D eigenvalue weighted by molar-refractivity contribution is 6.09. The van der Waals surface area contributed by atoms with E-state index >= 15 is 0 Å². The number of benzene rings is 1. The summed E-state index contributed by atoms with van der Waals surface area (Å²) in [5, 5.41) is 13.0. The lowest BCUT2D eigenvalue weighted by atomic mass is 10.1. The van der Waals surface area contributed by atoms with Crippen LogP contribution in [0.1, 0.15) is 26.5 Å². The minimum Gasteiger partial charge on any atom is -0.492 e. The Balaban J connectivity index is 1.09. The van der Waals surface area contributed by atoms with Crippen LogP contribution in [0.3, 0.4) is 0 Å². The van der Waals surface area contributed by atoms with Crippen molar-refractivity contribution >= 4 is 29.1 Å². The van der Waals surface area contributed by atoms with E-state index in [9.17, 15) is 9.59 Å². The molecule has 2 saturated heterocycles. The fraction of sp³-hybridized carbons (Fsp3) is 0.423. The van der Waals surface area contributed by atoms with Crippen molar-refractivity contribution in [3.63, 3.8) is 0 Å². The van der Waals surface area contributed by atoms with E-state index < -0.39 is 5.91 Å². The Morgan fingerprint density at radius 1 is 1.13 bits per heavy atom. The molecule has 13 heteroatoms. The minimum atomic E-state index is -0.460. The summed E-state index contributed by atoms with van der Waals surface area (Å²) in [6.45, 7) is 8.40. The highest BCUT2D eigenvalue weighted by Gasteiger charge is 2.32. The third-order valence-corrected chi connectivity index (χ3v) is 7.09. The second-order valence-electron chi connectivity index (χ2n) is 9.58. The Morgan fingerprint density at radius 3 is 2.82 bits per heavy atom. The van der Waals surface area contributed by atoms with Crippen LogP contribution < -0.4 is 25.2 Å². The number of hydrogen-bond donors (Lipinski definition) is 3. The van der Waals surface area contributed by atoms with Crippen molar-refractivity contribution in [2.75, 3.05) is 80.8 Å². The molecule has 5 heterocycles. The van der Waals surface area contributed by atoms with Crippen LogP contribution in [0.25, 0.3) is 0 Å². The number of piperazine rings is 1. The lowest BCUT2D eigenvalue weighted by Crippen LogP contribution is -2.43. The number of rotatable bonds is 8. The first kappa shape index (κ1) is 25.2. The molecule has 0 bridgehead atoms. The quantitative estimate of drug-likeness (QED) is 0.380. The number of carbonyl (C=O) groups is 2. The van der Waals surface area contributed by atoms with E-state index in [4.69, 9.17) is 9.47 Å². The summed E-state index contributed by atoms with van der Waals surface area (Å²) in [5.74, 6) is 0.187. The van der Waals surface area contributed by atoms with Gasteiger partial charge >= 0.3 is 0 Å². The Bertz CT molecular complexity index is 1330. The second-order valence-corrected chi connectivity index (χ2v) is 9.58. The number of nitrogens with one attached hydrogen (secondary N) is 3. The third-order valence-electron chi connectivity index (χ3n) is 7.09. The van der Waals surface area contributed by atoms with Crippen LogP contribution >= 0.6 is 0 Å². The van der Waals surface area contributed by atoms with Gasteiger partial charge < -0.3 is 25.0 Å². The molecule has 3 aliphatic rings. The maximum atomic E-state index is 13.1. The Morgan fingerprint density at radius 2 is 1.97 bits per heavy atom. The SMILES string of the molecule is O=C(Nc1cnccc1N1CCNCC1)c1nc(N2Cc3cc(OCCN4CCOCC4)ccc3C2=O)n[nH]1. The first-order valence-electron chi connectivity index (χ1n) is 13.2. The van der Waals surface area contributed by atoms with Crippen LogP contribution in [0.5, 0.6) is 5.75 Å². The molecule has 2 fully saturated rings. The molecule has 3 aromatic rings. The van der Waals surface area contributed by atoms with Crippen LogP contribution in [-0.4, -0.2) is 103 Å². The molecule has 1 aromatic carbocycles. The van der Waals surface area contributed by atoms with Crippen molar-refractivity contribution < 1.29 is 19.1 Å². The molecule has 0 saturated carbocycles. The summed E-state index contributed by atoms with van der Waals surface area (Å²) in [6, 6.07) is 7.34. The van der Waals surface area contributed by atoms with Gasteiger partial charge in [-0.15, -0.1) is 5.10 Å². The Kier molecular flexibility index (Phi) is 7.34. The molecule has 13 nitrogen and oxygen atoms in total. The molecule has 0 unspecified atom stereocenters. The van der Waals surface area contributed by atoms with Gasteiger partial charge in [0.1, 0.15) is 12.4 Å². The zero-order valence-corrected chi connectivity index (χ0v) is 21.6. The first-order chi connectivity index (χ1) is 19.2. The topological polar surface area (TPSA) is 141 Å². The number of pyridine rings is 1. The number of aromatic amines is 1. The number of ether oxygens (including phenoxy) is 2. The standard InChI is InChI=1S/C26H31N9O4/c36-24(29-21-16-28-4-3-22(21)34-7-5-27-6-8-34)23-30-26(32-31-23)35-17-18-15-19(1-2-20(18)25(35)37)39-14-11-33-9-12-38-13-10-33/h1-4,15-16,27H,5-14,17H2,(H,29,36)(H,30,31,32). The maximum absolute atomic E-state index is 13.1. The lowest BCUT2D eigenvalue weighted by molar-refractivity contribution is 0.0322. The largest absolute Gasteiger partial charge is 0.492 e. The number of morpholine rings is 1. The molecule has 3 N–H and O–H groups in total. The molecular weight excluding hydrogens is 502 g/mol. The Labute approximate surface area is 225 Å². The van der Waals surface area contributed by atoms with Gasteiger partial charge in [-0.25, -0.2) is 0 Å². The number of nitrogens with zero attached hydrogens (tertiary/aromatic N) is 6. The van der Waals surface area contributed by atoms with Crippen molar-refractivity contribution in [2.24, 2.45) is 0 Å². The smallest absolute Gasteiger partial charge is 0.293 e. The van der Waals surface area contributed by atoms with Gasteiger partial charge in [0.2, 0.25) is 5.82 Å². The van der Waals surface area contributed by atoms with Crippen LogP contribution in [0, 0.1) is 0 Å². The molecular formula is C26H31N9O4. The molecule has 0 spiro atoms. The maximum Gasteiger partial charge on any atom is 0.293 e. The van der Waals surface area contributed by atoms with Crippen LogP contribution in [-0.2, 0) is 11.3 Å². The Hall–Kier alpha value is -4.07. The van der Waals surface area contributed by atoms with Gasteiger partial charge in [0.05, 0.1) is 37.3 Å². The fourth-order valence-electron chi connectivity index (χ4n) is 4.99. The molecule has 39 heavy (non-hydrogen) atoms. The van der Waals surface area contributed by atoms with E-state index in [-0.39, 0.29) is 17.7 Å². The number of hydrogen-bond acceptors (Lipinski definition) is 10. The molecule has 2 aromatic heterocycles. The van der Waals surface area contributed by atoms with Gasteiger partial charge in [-0.1, -0.05) is 0 Å². The molecule has 3 aliphatic heterocycles. The molecule has 2 amide bonds. The van der Waals surface area contributed by atoms with Gasteiger partial charge in [-0.3, -0.25) is 29.5 Å². The number of H-pyrrole nitrogens is 1. The monoisotopic (exact) mass is 533 g/mol. The predicted octanol–water partition coefficient (Wildman–Crippen LogP) is 0.733. The van der Waals surface area contributed by atoms with Gasteiger partial charge in [-0.2, -0.15) is 4.98 Å². The number of carbonyl (C=O) groups excluding carboxylic acids is 2. The number of fused-ring (bicyclic) bond motifs is 1. The summed E-state index contributed by atoms with van der Waals surface area (Å²) < 4.78 is 11.3. The van der Waals surface area contributed by atoms with Gasteiger partial charge in [0.25, 0.3) is 17.8 Å². The van der Waals surface area contributed by atoms with Gasteiger partial charge in [0, 0.05) is 57.6 Å². The van der Waals surface area contributed by atoms with Crippen molar-refractivity contribution in [1.29, 1.82) is 0 Å². The predicted molar refractivity (Wildman–Crippen MR) is 143 cm³/mol. The highest BCUT2D eigenvalue weighted by atomic mass is 16.5. The lowest BCUT2D eigenvalue weighted by Gasteiger charge is -2.30. The second kappa shape index (κ2) is 11.4. The van der Waals surface area contributed by atoms with E-state index in [1.165, 1.54) is 4.90 Å². The zero-order valence-electron chi connectivity index (χ0n) is 21.6. The average molecular weight is 534 g/mol. The van der Waals surface area contributed by atoms with Crippen molar-refractivity contribution in [3.8, 4) is 5.75 Å². The van der Waals surface area contributed by atoms with E-state index in [0.717, 1.165) is 70.3 Å². The van der Waals surface area contributed by atoms with E-state index in [0.29, 0.717) is 30.2 Å². The highest BCUT2D eigenvalue weighted by Crippen LogP contribution is 2.30. The summed E-state index contributed by atoms with van der Waals surface area (Å²) in [5.41, 5.74) is 2.89. The first-order valence-corrected chi connectivity index (χ1v) is 13.2. The number of anilines is 3. The molecule has 0 radical (unpaired) electrons. The summed E-state index contributed by atoms with van der Waals surface area (Å²) in [6.07, 6.45) is 3.32. The molecule has 204 valence electrons. The third kappa shape index (κ3) is 5.55. The van der Waals surface area contributed by atoms with Crippen molar-refractivity contribution in [2.45, 2.75) is 6.54 Å². The normalized spacial score (nSPS) is 17.8. The average Bonchev–Trinajstić information content (AvgIpc) is 3.59. The van der Waals surface area contributed by atoms with Crippen LogP contribution in [0.2, 0.25) is 0 Å². The summed E-state index contributed by atoms with van der Waals surface area (Å²) in [4.78, 5) is 40.5. The molecule has 0 atom stereocenters. The van der Waals surface area contributed by atoms with Crippen LogP contribution in [0.15, 0.2) is 36.7 Å². The fourth-order valence-corrected chi connectivity index (χ4v) is 4.99. The molecule has 6 rings (SSSR count). The number of aromatic nitrogens is 4. The van der Waals surface area contributed by atoms with Crippen LogP contribution in [0.4, 0.5) is 17.3 Å². The number of amides is 2. The van der Waals surface area contributed by atoms with Gasteiger partial charge in [-0.05, 0) is 29.8 Å².